The molecule has 4 rings (SSSR count). The summed E-state index contributed by atoms with van der Waals surface area (Å²) >= 11 is 6.27. The molecular formula is C20H25ClN4O4. The van der Waals surface area contributed by atoms with E-state index < -0.39 is 5.60 Å². The Hall–Kier alpha value is -2.48. The molecule has 0 unspecified atom stereocenters. The maximum Gasteiger partial charge on any atom is 0.410 e. The largest absolute Gasteiger partial charge is 0.475 e. The van der Waals surface area contributed by atoms with Gasteiger partial charge in [0.1, 0.15) is 17.7 Å². The van der Waals surface area contributed by atoms with Gasteiger partial charge >= 0.3 is 6.09 Å². The van der Waals surface area contributed by atoms with Gasteiger partial charge in [-0.3, -0.25) is 0 Å². The number of amides is 1. The molecule has 3 heterocycles. The van der Waals surface area contributed by atoms with E-state index >= 15 is 0 Å². The van der Waals surface area contributed by atoms with Gasteiger partial charge in [-0.05, 0) is 39.8 Å². The van der Waals surface area contributed by atoms with E-state index in [-0.39, 0.29) is 12.1 Å². The predicted molar refractivity (Wildman–Crippen MR) is 111 cm³/mol. The molecule has 0 radical (unpaired) electrons. The van der Waals surface area contributed by atoms with E-state index in [1.165, 1.54) is 0 Å². The number of rotatable bonds is 2. The van der Waals surface area contributed by atoms with E-state index in [0.29, 0.717) is 66.4 Å². The quantitative estimate of drug-likeness (QED) is 0.736. The molecule has 0 saturated carbocycles. The number of hydrogen-bond donors (Lipinski definition) is 0. The molecule has 156 valence electrons. The molecule has 0 bridgehead atoms. The highest BCUT2D eigenvalue weighted by atomic mass is 35.5. The summed E-state index contributed by atoms with van der Waals surface area (Å²) in [6.07, 6.45) is -0.299. The Labute approximate surface area is 174 Å². The number of oxazole rings is 1. The predicted octanol–water partition coefficient (Wildman–Crippen LogP) is 3.70. The summed E-state index contributed by atoms with van der Waals surface area (Å²) in [5, 5.41) is 0.549. The Morgan fingerprint density at radius 3 is 2.76 bits per heavy atom. The van der Waals surface area contributed by atoms with E-state index in [1.807, 2.05) is 27.7 Å². The molecule has 8 nitrogen and oxygen atoms in total. The molecule has 2 aromatic rings. The lowest BCUT2D eigenvalue weighted by molar-refractivity contribution is 0.0216. The van der Waals surface area contributed by atoms with Crippen LogP contribution in [0.25, 0.3) is 11.1 Å². The van der Waals surface area contributed by atoms with Crippen molar-refractivity contribution in [2.75, 3.05) is 37.7 Å². The van der Waals surface area contributed by atoms with Crippen molar-refractivity contribution in [2.45, 2.75) is 39.3 Å². The Morgan fingerprint density at radius 1 is 1.31 bits per heavy atom. The summed E-state index contributed by atoms with van der Waals surface area (Å²) in [5.41, 5.74) is 1.46. The Kier molecular flexibility index (Phi) is 5.06. The van der Waals surface area contributed by atoms with Crippen LogP contribution in [0.3, 0.4) is 0 Å². The first kappa shape index (κ1) is 19.8. The number of halogens is 1. The minimum atomic E-state index is -0.515. The fourth-order valence-electron chi connectivity index (χ4n) is 3.50. The molecule has 1 amide bonds. The van der Waals surface area contributed by atoms with Crippen LogP contribution in [0.1, 0.15) is 33.3 Å². The van der Waals surface area contributed by atoms with E-state index in [9.17, 15) is 4.79 Å². The van der Waals surface area contributed by atoms with Gasteiger partial charge < -0.3 is 23.7 Å². The van der Waals surface area contributed by atoms with E-state index in [0.717, 1.165) is 0 Å². The highest BCUT2D eigenvalue weighted by Crippen LogP contribution is 2.31. The van der Waals surface area contributed by atoms with Crippen molar-refractivity contribution in [2.24, 2.45) is 4.99 Å². The second-order valence-corrected chi connectivity index (χ2v) is 8.74. The zero-order chi connectivity index (χ0) is 20.8. The van der Waals surface area contributed by atoms with Crippen molar-refractivity contribution >= 4 is 40.7 Å². The van der Waals surface area contributed by atoms with Crippen molar-refractivity contribution in [1.82, 2.24) is 9.88 Å². The molecule has 1 atom stereocenters. The molecular weight excluding hydrogens is 396 g/mol. The molecule has 1 saturated heterocycles. The Morgan fingerprint density at radius 2 is 2.10 bits per heavy atom. The monoisotopic (exact) mass is 420 g/mol. The van der Waals surface area contributed by atoms with Gasteiger partial charge in [-0.15, -0.1) is 0 Å². The van der Waals surface area contributed by atoms with Gasteiger partial charge in [0, 0.05) is 30.7 Å². The van der Waals surface area contributed by atoms with Gasteiger partial charge in [0.15, 0.2) is 5.58 Å². The average Bonchev–Trinajstić information content (AvgIpc) is 3.29. The fourth-order valence-corrected chi connectivity index (χ4v) is 3.71. The number of ether oxygens (including phenoxy) is 2. The number of aromatic nitrogens is 1. The van der Waals surface area contributed by atoms with Crippen molar-refractivity contribution in [3.63, 3.8) is 0 Å². The lowest BCUT2D eigenvalue weighted by Gasteiger charge is -2.39. The minimum Gasteiger partial charge on any atom is -0.475 e. The minimum absolute atomic E-state index is 0.0170. The van der Waals surface area contributed by atoms with Crippen LogP contribution in [0.4, 0.5) is 10.8 Å². The third-order valence-corrected chi connectivity index (χ3v) is 5.00. The number of carbonyl (C=O) groups excluding carboxylic acids is 1. The van der Waals surface area contributed by atoms with Crippen molar-refractivity contribution in [1.29, 1.82) is 0 Å². The van der Waals surface area contributed by atoms with Gasteiger partial charge in [-0.25, -0.2) is 9.79 Å². The smallest absolute Gasteiger partial charge is 0.410 e. The molecule has 0 spiro atoms. The molecule has 1 aromatic carbocycles. The summed E-state index contributed by atoms with van der Waals surface area (Å²) in [6, 6.07) is 4.07. The molecule has 1 fully saturated rings. The maximum atomic E-state index is 12.4. The van der Waals surface area contributed by atoms with Crippen LogP contribution in [0.5, 0.6) is 0 Å². The van der Waals surface area contributed by atoms with Crippen molar-refractivity contribution in [3.05, 3.63) is 22.7 Å². The second kappa shape index (κ2) is 7.40. The summed E-state index contributed by atoms with van der Waals surface area (Å²) in [6.45, 7) is 10.4. The summed E-state index contributed by atoms with van der Waals surface area (Å²) < 4.78 is 17.2. The third kappa shape index (κ3) is 4.12. The van der Waals surface area contributed by atoms with Crippen LogP contribution < -0.4 is 4.90 Å². The van der Waals surface area contributed by atoms with Gasteiger partial charge in [0.2, 0.25) is 5.90 Å². The zero-order valence-electron chi connectivity index (χ0n) is 17.1. The maximum absolute atomic E-state index is 12.4. The molecule has 2 aliphatic heterocycles. The lowest BCUT2D eigenvalue weighted by atomic mass is 10.2. The average molecular weight is 421 g/mol. The molecule has 29 heavy (non-hydrogen) atoms. The number of benzene rings is 1. The van der Waals surface area contributed by atoms with Crippen LogP contribution in [-0.2, 0) is 9.47 Å². The Bertz CT molecular complexity index is 965. The molecule has 1 aromatic heterocycles. The highest BCUT2D eigenvalue weighted by molar-refractivity contribution is 6.32. The fraction of sp³-hybridized carbons (Fsp3) is 0.550. The molecule has 0 N–H and O–H groups in total. The summed E-state index contributed by atoms with van der Waals surface area (Å²) in [5.74, 6) is 0.531. The second-order valence-electron chi connectivity index (χ2n) is 8.30. The lowest BCUT2D eigenvalue weighted by Crippen LogP contribution is -2.54. The van der Waals surface area contributed by atoms with E-state index in [4.69, 9.17) is 25.5 Å². The normalized spacial score (nSPS) is 20.0. The summed E-state index contributed by atoms with van der Waals surface area (Å²) in [4.78, 5) is 25.2. The van der Waals surface area contributed by atoms with Crippen LogP contribution >= 0.6 is 11.6 Å². The van der Waals surface area contributed by atoms with Gasteiger partial charge in [-0.2, -0.15) is 4.98 Å². The SMILES string of the molecule is C[C@H]1CN(C(=O)OC(C)(C)C)CCN1c1nc2cc(Cl)cc(C3=NCCO3)c2o1. The number of nitrogens with zero attached hydrogens (tertiary/aromatic N) is 4. The number of hydrogen-bond acceptors (Lipinski definition) is 7. The number of piperazine rings is 1. The van der Waals surface area contributed by atoms with Crippen LogP contribution in [0.15, 0.2) is 21.5 Å². The van der Waals surface area contributed by atoms with Crippen LogP contribution in [0, 0.1) is 0 Å². The first-order valence-corrected chi connectivity index (χ1v) is 10.1. The number of aliphatic imine (C=N–C) groups is 1. The van der Waals surface area contributed by atoms with Gasteiger partial charge in [0.05, 0.1) is 12.1 Å². The van der Waals surface area contributed by atoms with Gasteiger partial charge in [0.25, 0.3) is 6.01 Å². The summed E-state index contributed by atoms with van der Waals surface area (Å²) in [7, 11) is 0. The van der Waals surface area contributed by atoms with E-state index in [1.54, 1.807) is 17.0 Å². The van der Waals surface area contributed by atoms with Crippen LogP contribution in [0.2, 0.25) is 5.02 Å². The molecule has 2 aliphatic rings. The number of anilines is 1. The molecule has 9 heteroatoms. The van der Waals surface area contributed by atoms with Crippen molar-refractivity contribution < 1.29 is 18.7 Å². The van der Waals surface area contributed by atoms with E-state index in [2.05, 4.69) is 14.9 Å². The zero-order valence-corrected chi connectivity index (χ0v) is 17.8. The van der Waals surface area contributed by atoms with Crippen molar-refractivity contribution in [3.8, 4) is 0 Å². The molecule has 0 aliphatic carbocycles. The number of carbonyl (C=O) groups is 1. The topological polar surface area (TPSA) is 80.4 Å². The first-order chi connectivity index (χ1) is 13.7. The number of fused-ring (bicyclic) bond motifs is 1. The van der Waals surface area contributed by atoms with Gasteiger partial charge in [-0.1, -0.05) is 11.6 Å². The standard InChI is InChI=1S/C20H25ClN4O4/c1-12-11-24(19(26)29-20(2,3)4)6-7-25(12)18-23-15-10-13(21)9-14(16(15)28-18)17-22-5-8-27-17/h9-10,12H,5-8,11H2,1-4H3/t12-/m0/s1. The Balaban J connectivity index is 1.56. The third-order valence-electron chi connectivity index (χ3n) is 4.78. The highest BCUT2D eigenvalue weighted by Gasteiger charge is 2.32. The van der Waals surface area contributed by atoms with Crippen LogP contribution in [-0.4, -0.2) is 66.3 Å². The first-order valence-electron chi connectivity index (χ1n) is 9.73.